The zero-order valence-electron chi connectivity index (χ0n) is 13.9. The molecular formula is C18H19ClN4OS. The molecule has 1 atom stereocenters. The van der Waals surface area contributed by atoms with E-state index >= 15 is 0 Å². The van der Waals surface area contributed by atoms with Crippen molar-refractivity contribution in [3.05, 3.63) is 65.2 Å². The standard InChI is InChI=1S/C18H19ClN4OS/c1-2-15(16-10-23-9-5-8-20-18(23)22-16)21-17(24)12-25-11-13-6-3-4-7-14(13)19/h3-10,15H,2,11-12H2,1H3,(H,21,24)/t15-/m0/s1. The Hall–Kier alpha value is -2.05. The van der Waals surface area contributed by atoms with Crippen molar-refractivity contribution in [2.24, 2.45) is 0 Å². The number of carbonyl (C=O) groups excluding carboxylic acids is 1. The van der Waals surface area contributed by atoms with Gasteiger partial charge in [0, 0.05) is 29.4 Å². The van der Waals surface area contributed by atoms with Crippen LogP contribution in [0.3, 0.4) is 0 Å². The summed E-state index contributed by atoms with van der Waals surface area (Å²) in [6.45, 7) is 2.03. The number of nitrogens with zero attached hydrogens (tertiary/aromatic N) is 3. The monoisotopic (exact) mass is 374 g/mol. The summed E-state index contributed by atoms with van der Waals surface area (Å²) in [5, 5.41) is 3.78. The van der Waals surface area contributed by atoms with Gasteiger partial charge in [0.25, 0.3) is 0 Å². The van der Waals surface area contributed by atoms with Crippen LogP contribution in [-0.2, 0) is 10.5 Å². The number of aromatic nitrogens is 3. The second kappa shape index (κ2) is 8.36. The third kappa shape index (κ3) is 4.52. The lowest BCUT2D eigenvalue weighted by Gasteiger charge is -2.14. The van der Waals surface area contributed by atoms with Gasteiger partial charge in [-0.2, -0.15) is 0 Å². The largest absolute Gasteiger partial charge is 0.347 e. The fourth-order valence-corrected chi connectivity index (χ4v) is 3.63. The number of rotatable bonds is 7. The van der Waals surface area contributed by atoms with Crippen molar-refractivity contribution in [1.29, 1.82) is 0 Å². The number of halogens is 1. The molecule has 0 radical (unpaired) electrons. The second-order valence-corrected chi connectivity index (χ2v) is 7.00. The fraction of sp³-hybridized carbons (Fsp3) is 0.278. The minimum absolute atomic E-state index is 0.00563. The van der Waals surface area contributed by atoms with E-state index in [0.717, 1.165) is 22.7 Å². The molecule has 0 saturated heterocycles. The molecule has 1 aromatic carbocycles. The molecule has 0 bridgehead atoms. The van der Waals surface area contributed by atoms with Gasteiger partial charge in [-0.3, -0.25) is 9.20 Å². The van der Waals surface area contributed by atoms with Crippen LogP contribution in [0.15, 0.2) is 48.9 Å². The van der Waals surface area contributed by atoms with Crippen LogP contribution in [0.4, 0.5) is 0 Å². The first-order chi connectivity index (χ1) is 12.2. The van der Waals surface area contributed by atoms with E-state index in [1.807, 2.05) is 54.0 Å². The Morgan fingerprint density at radius 1 is 1.36 bits per heavy atom. The van der Waals surface area contributed by atoms with Crippen molar-refractivity contribution in [3.8, 4) is 0 Å². The van der Waals surface area contributed by atoms with E-state index in [4.69, 9.17) is 11.6 Å². The maximum Gasteiger partial charge on any atom is 0.233 e. The van der Waals surface area contributed by atoms with Gasteiger partial charge in [0.2, 0.25) is 11.7 Å². The van der Waals surface area contributed by atoms with Gasteiger partial charge in [-0.1, -0.05) is 36.7 Å². The summed E-state index contributed by atoms with van der Waals surface area (Å²) in [6, 6.07) is 9.43. The highest BCUT2D eigenvalue weighted by molar-refractivity contribution is 7.99. The van der Waals surface area contributed by atoms with Gasteiger partial charge in [0.05, 0.1) is 17.5 Å². The van der Waals surface area contributed by atoms with Crippen LogP contribution >= 0.6 is 23.4 Å². The zero-order chi connectivity index (χ0) is 17.6. The van der Waals surface area contributed by atoms with Gasteiger partial charge in [0.1, 0.15) is 0 Å². The molecule has 2 aromatic heterocycles. The lowest BCUT2D eigenvalue weighted by Crippen LogP contribution is -2.29. The number of fused-ring (bicyclic) bond motifs is 1. The highest BCUT2D eigenvalue weighted by Gasteiger charge is 2.16. The molecule has 0 aliphatic heterocycles. The minimum atomic E-state index is -0.116. The molecule has 0 spiro atoms. The van der Waals surface area contributed by atoms with Crippen LogP contribution in [0.5, 0.6) is 0 Å². The second-order valence-electron chi connectivity index (χ2n) is 5.61. The predicted octanol–water partition coefficient (Wildman–Crippen LogP) is 3.88. The molecule has 5 nitrogen and oxygen atoms in total. The summed E-state index contributed by atoms with van der Waals surface area (Å²) < 4.78 is 1.86. The van der Waals surface area contributed by atoms with Crippen molar-refractivity contribution >= 4 is 35.0 Å². The quantitative estimate of drug-likeness (QED) is 0.681. The normalized spacial score (nSPS) is 12.2. The van der Waals surface area contributed by atoms with E-state index in [-0.39, 0.29) is 11.9 Å². The molecule has 3 aromatic rings. The first-order valence-electron chi connectivity index (χ1n) is 8.07. The Morgan fingerprint density at radius 3 is 2.96 bits per heavy atom. The number of hydrogen-bond acceptors (Lipinski definition) is 4. The van der Waals surface area contributed by atoms with Gasteiger partial charge in [-0.15, -0.1) is 11.8 Å². The van der Waals surface area contributed by atoms with E-state index in [1.165, 1.54) is 0 Å². The molecule has 0 aliphatic rings. The van der Waals surface area contributed by atoms with E-state index in [0.29, 0.717) is 17.3 Å². The van der Waals surface area contributed by atoms with E-state index in [2.05, 4.69) is 15.3 Å². The van der Waals surface area contributed by atoms with Crippen molar-refractivity contribution in [3.63, 3.8) is 0 Å². The first-order valence-corrected chi connectivity index (χ1v) is 9.60. The van der Waals surface area contributed by atoms with E-state index < -0.39 is 0 Å². The van der Waals surface area contributed by atoms with Crippen molar-refractivity contribution in [1.82, 2.24) is 19.7 Å². The molecule has 1 N–H and O–H groups in total. The highest BCUT2D eigenvalue weighted by Crippen LogP contribution is 2.21. The lowest BCUT2D eigenvalue weighted by atomic mass is 10.2. The number of imidazole rings is 1. The Kier molecular flexibility index (Phi) is 5.94. The fourth-order valence-electron chi connectivity index (χ4n) is 2.51. The van der Waals surface area contributed by atoms with Crippen LogP contribution < -0.4 is 5.32 Å². The van der Waals surface area contributed by atoms with Crippen LogP contribution in [0, 0.1) is 0 Å². The molecule has 2 heterocycles. The zero-order valence-corrected chi connectivity index (χ0v) is 15.4. The number of benzene rings is 1. The Bertz CT molecular complexity index is 834. The maximum absolute atomic E-state index is 12.3. The number of thioether (sulfide) groups is 1. The summed E-state index contributed by atoms with van der Waals surface area (Å²) >= 11 is 7.68. The summed E-state index contributed by atoms with van der Waals surface area (Å²) in [6.07, 6.45) is 6.28. The van der Waals surface area contributed by atoms with Gasteiger partial charge >= 0.3 is 0 Å². The Labute approximate surface area is 155 Å². The van der Waals surface area contributed by atoms with Gasteiger partial charge < -0.3 is 5.32 Å². The first kappa shape index (κ1) is 17.8. The molecule has 0 fully saturated rings. The summed E-state index contributed by atoms with van der Waals surface area (Å²) in [4.78, 5) is 21.0. The van der Waals surface area contributed by atoms with Crippen LogP contribution in [0.2, 0.25) is 5.02 Å². The number of hydrogen-bond donors (Lipinski definition) is 1. The third-order valence-electron chi connectivity index (χ3n) is 3.80. The number of carbonyl (C=O) groups is 1. The van der Waals surface area contributed by atoms with Crippen LogP contribution in [0.1, 0.15) is 30.6 Å². The third-order valence-corrected chi connectivity index (χ3v) is 5.15. The highest BCUT2D eigenvalue weighted by atomic mass is 35.5. The smallest absolute Gasteiger partial charge is 0.233 e. The number of nitrogens with one attached hydrogen (secondary N) is 1. The van der Waals surface area contributed by atoms with Crippen molar-refractivity contribution in [2.45, 2.75) is 25.1 Å². The summed E-state index contributed by atoms with van der Waals surface area (Å²) in [7, 11) is 0. The van der Waals surface area contributed by atoms with Crippen LogP contribution in [-0.4, -0.2) is 26.0 Å². The average Bonchev–Trinajstić information content (AvgIpc) is 3.05. The lowest BCUT2D eigenvalue weighted by molar-refractivity contribution is -0.119. The van der Waals surface area contributed by atoms with Gasteiger partial charge in [-0.05, 0) is 24.1 Å². The molecular weight excluding hydrogens is 356 g/mol. The molecule has 25 heavy (non-hydrogen) atoms. The average molecular weight is 375 g/mol. The van der Waals surface area contributed by atoms with Gasteiger partial charge in [0.15, 0.2) is 0 Å². The van der Waals surface area contributed by atoms with Crippen molar-refractivity contribution in [2.75, 3.05) is 5.75 Å². The molecule has 130 valence electrons. The van der Waals surface area contributed by atoms with Crippen LogP contribution in [0.25, 0.3) is 5.78 Å². The molecule has 0 saturated carbocycles. The Balaban J connectivity index is 1.56. The number of amides is 1. The SMILES string of the molecule is CC[C@H](NC(=O)CSCc1ccccc1Cl)c1cn2cccnc2n1. The van der Waals surface area contributed by atoms with E-state index in [1.54, 1.807) is 18.0 Å². The van der Waals surface area contributed by atoms with E-state index in [9.17, 15) is 4.79 Å². The predicted molar refractivity (Wildman–Crippen MR) is 102 cm³/mol. The molecule has 0 aliphatic carbocycles. The van der Waals surface area contributed by atoms with Crippen molar-refractivity contribution < 1.29 is 4.79 Å². The molecule has 7 heteroatoms. The maximum atomic E-state index is 12.3. The van der Waals surface area contributed by atoms with Gasteiger partial charge in [-0.25, -0.2) is 9.97 Å². The topological polar surface area (TPSA) is 59.3 Å². The summed E-state index contributed by atoms with van der Waals surface area (Å²) in [5.74, 6) is 1.72. The summed E-state index contributed by atoms with van der Waals surface area (Å²) in [5.41, 5.74) is 1.87. The molecule has 1 amide bonds. The minimum Gasteiger partial charge on any atom is -0.347 e. The molecule has 3 rings (SSSR count). The Morgan fingerprint density at radius 2 is 2.20 bits per heavy atom. The molecule has 0 unspecified atom stereocenters.